The Hall–Kier alpha value is -3.85. The van der Waals surface area contributed by atoms with E-state index in [-0.39, 0.29) is 17.6 Å². The zero-order valence-corrected chi connectivity index (χ0v) is 18.9. The van der Waals surface area contributed by atoms with Gasteiger partial charge in [-0.05, 0) is 43.2 Å². The number of aromatic nitrogens is 2. The maximum absolute atomic E-state index is 12.1. The monoisotopic (exact) mass is 459 g/mol. The van der Waals surface area contributed by atoms with Gasteiger partial charge in [-0.25, -0.2) is 4.98 Å². The molecule has 1 aliphatic carbocycles. The molecule has 9 nitrogen and oxygen atoms in total. The topological polar surface area (TPSA) is 131 Å². The molecule has 3 aromatic rings. The van der Waals surface area contributed by atoms with Gasteiger partial charge in [0.25, 0.3) is 5.91 Å². The predicted molar refractivity (Wildman–Crippen MR) is 133 cm³/mol. The lowest BCUT2D eigenvalue weighted by Crippen LogP contribution is -2.43. The van der Waals surface area contributed by atoms with Crippen molar-refractivity contribution in [3.8, 4) is 5.75 Å². The van der Waals surface area contributed by atoms with Crippen molar-refractivity contribution in [1.82, 2.24) is 9.97 Å². The van der Waals surface area contributed by atoms with Gasteiger partial charge in [0.2, 0.25) is 5.95 Å². The van der Waals surface area contributed by atoms with Crippen LogP contribution < -0.4 is 31.7 Å². The summed E-state index contributed by atoms with van der Waals surface area (Å²) in [6, 6.07) is 16.1. The molecule has 2 atom stereocenters. The summed E-state index contributed by atoms with van der Waals surface area (Å²) in [5.41, 5.74) is 14.9. The largest absolute Gasteiger partial charge is 0.490 e. The van der Waals surface area contributed by atoms with E-state index in [2.05, 4.69) is 25.5 Å². The van der Waals surface area contributed by atoms with Crippen molar-refractivity contribution in [2.45, 2.75) is 37.8 Å². The number of nitrogens with one attached hydrogen (secondary N) is 2. The van der Waals surface area contributed by atoms with Crippen molar-refractivity contribution >= 4 is 34.7 Å². The highest BCUT2D eigenvalue weighted by Crippen LogP contribution is 2.37. The van der Waals surface area contributed by atoms with Crippen LogP contribution in [0, 0.1) is 0 Å². The Kier molecular flexibility index (Phi) is 6.18. The van der Waals surface area contributed by atoms with Crippen molar-refractivity contribution < 1.29 is 9.53 Å². The number of para-hydroxylation sites is 2. The Morgan fingerprint density at radius 2 is 1.97 bits per heavy atom. The lowest BCUT2D eigenvalue weighted by Gasteiger charge is -2.31. The van der Waals surface area contributed by atoms with Crippen molar-refractivity contribution in [2.24, 2.45) is 11.5 Å². The molecule has 9 heteroatoms. The van der Waals surface area contributed by atoms with Crippen LogP contribution in [-0.4, -0.2) is 41.1 Å². The number of amides is 1. The normalized spacial score (nSPS) is 19.6. The number of nitrogens with two attached hydrogens (primary N) is 2. The molecule has 1 saturated carbocycles. The Balaban J connectivity index is 1.41. The minimum atomic E-state index is -0.596. The van der Waals surface area contributed by atoms with Gasteiger partial charge in [-0.3, -0.25) is 4.79 Å². The molecule has 6 N–H and O–H groups in total. The first-order valence-corrected chi connectivity index (χ1v) is 11.6. The van der Waals surface area contributed by atoms with E-state index in [0.717, 1.165) is 55.0 Å². The Labute approximate surface area is 198 Å². The molecule has 2 heterocycles. The molecule has 0 spiro atoms. The molecular formula is C25H29N7O2. The number of primary amides is 1. The van der Waals surface area contributed by atoms with E-state index < -0.39 is 5.91 Å². The van der Waals surface area contributed by atoms with Crippen LogP contribution in [0.2, 0.25) is 0 Å². The van der Waals surface area contributed by atoms with Gasteiger partial charge in [0.15, 0.2) is 0 Å². The fraction of sp³-hybridized carbons (Fsp3) is 0.320. The van der Waals surface area contributed by atoms with E-state index in [1.54, 1.807) is 0 Å². The van der Waals surface area contributed by atoms with Crippen LogP contribution in [0.15, 0.2) is 54.7 Å². The van der Waals surface area contributed by atoms with Crippen LogP contribution in [0.3, 0.4) is 0 Å². The third-order valence-corrected chi connectivity index (χ3v) is 6.34. The third-order valence-electron chi connectivity index (χ3n) is 6.34. The summed E-state index contributed by atoms with van der Waals surface area (Å²) >= 11 is 0. The number of carbonyl (C=O) groups is 1. The average Bonchev–Trinajstić information content (AvgIpc) is 2.85. The zero-order chi connectivity index (χ0) is 23.5. The van der Waals surface area contributed by atoms with E-state index in [0.29, 0.717) is 18.4 Å². The van der Waals surface area contributed by atoms with Gasteiger partial charge in [-0.2, -0.15) is 4.98 Å². The average molecular weight is 460 g/mol. The molecule has 1 fully saturated rings. The van der Waals surface area contributed by atoms with Gasteiger partial charge < -0.3 is 31.7 Å². The highest BCUT2D eigenvalue weighted by atomic mass is 16.5. The number of hydrogen-bond donors (Lipinski definition) is 4. The van der Waals surface area contributed by atoms with Gasteiger partial charge >= 0.3 is 0 Å². The second kappa shape index (κ2) is 9.56. The number of carbonyl (C=O) groups excluding carboxylic acids is 1. The molecule has 5 rings (SSSR count). The van der Waals surface area contributed by atoms with Gasteiger partial charge in [0.1, 0.15) is 23.7 Å². The second-order valence-corrected chi connectivity index (χ2v) is 8.66. The zero-order valence-electron chi connectivity index (χ0n) is 18.9. The number of nitrogens with zero attached hydrogens (tertiary/aromatic N) is 3. The summed E-state index contributed by atoms with van der Waals surface area (Å²) < 4.78 is 5.78. The fourth-order valence-electron chi connectivity index (χ4n) is 4.56. The van der Waals surface area contributed by atoms with Gasteiger partial charge in [-0.1, -0.05) is 31.0 Å². The molecule has 2 aromatic carbocycles. The molecule has 176 valence electrons. The van der Waals surface area contributed by atoms with Crippen LogP contribution in [0.1, 0.15) is 36.0 Å². The van der Waals surface area contributed by atoms with E-state index in [1.807, 2.05) is 48.5 Å². The van der Waals surface area contributed by atoms with E-state index >= 15 is 0 Å². The second-order valence-electron chi connectivity index (χ2n) is 8.66. The molecule has 1 amide bonds. The molecule has 34 heavy (non-hydrogen) atoms. The third kappa shape index (κ3) is 4.60. The minimum Gasteiger partial charge on any atom is -0.490 e. The summed E-state index contributed by atoms with van der Waals surface area (Å²) in [5, 5.41) is 6.60. The molecule has 1 aliphatic heterocycles. The quantitative estimate of drug-likeness (QED) is 0.440. The number of fused-ring (bicyclic) bond motifs is 1. The van der Waals surface area contributed by atoms with E-state index in [4.69, 9.17) is 16.2 Å². The number of benzene rings is 2. The Morgan fingerprint density at radius 1 is 1.12 bits per heavy atom. The minimum absolute atomic E-state index is 0.0534. The molecule has 1 aromatic heterocycles. The van der Waals surface area contributed by atoms with Crippen LogP contribution in [-0.2, 0) is 0 Å². The van der Waals surface area contributed by atoms with Crippen LogP contribution in [0.5, 0.6) is 5.75 Å². The molecule has 0 radical (unpaired) electrons. The van der Waals surface area contributed by atoms with Gasteiger partial charge in [-0.15, -0.1) is 0 Å². The van der Waals surface area contributed by atoms with Crippen LogP contribution in [0.4, 0.5) is 28.8 Å². The first kappa shape index (κ1) is 22.0. The van der Waals surface area contributed by atoms with Gasteiger partial charge in [0.05, 0.1) is 12.2 Å². The van der Waals surface area contributed by atoms with Crippen molar-refractivity contribution in [3.05, 3.63) is 60.3 Å². The molecular weight excluding hydrogens is 430 g/mol. The van der Waals surface area contributed by atoms with Crippen molar-refractivity contribution in [2.75, 3.05) is 28.7 Å². The highest BCUT2D eigenvalue weighted by Gasteiger charge is 2.23. The summed E-state index contributed by atoms with van der Waals surface area (Å²) in [5.74, 6) is 1.04. The van der Waals surface area contributed by atoms with Crippen molar-refractivity contribution in [1.29, 1.82) is 0 Å². The fourth-order valence-corrected chi connectivity index (χ4v) is 4.56. The first-order valence-electron chi connectivity index (χ1n) is 11.6. The SMILES string of the molecule is NC(=O)c1cnc(N[C@@H]2CCCC[C@@H]2N)nc1Nc1cccc(N2CCOc3ccccc32)c1. The first-order chi connectivity index (χ1) is 16.6. The van der Waals surface area contributed by atoms with Crippen molar-refractivity contribution in [3.63, 3.8) is 0 Å². The molecule has 0 unspecified atom stereocenters. The maximum Gasteiger partial charge on any atom is 0.254 e. The number of hydrogen-bond acceptors (Lipinski definition) is 8. The Bertz CT molecular complexity index is 1190. The number of ether oxygens (including phenoxy) is 1. The van der Waals surface area contributed by atoms with Crippen LogP contribution in [0.25, 0.3) is 0 Å². The summed E-state index contributed by atoms with van der Waals surface area (Å²) in [6.07, 6.45) is 5.65. The van der Waals surface area contributed by atoms with Gasteiger partial charge in [0, 0.05) is 29.7 Å². The van der Waals surface area contributed by atoms with Crippen LogP contribution >= 0.6 is 0 Å². The van der Waals surface area contributed by atoms with E-state index in [9.17, 15) is 4.79 Å². The molecule has 0 bridgehead atoms. The predicted octanol–water partition coefficient (Wildman–Crippen LogP) is 3.53. The summed E-state index contributed by atoms with van der Waals surface area (Å²) in [6.45, 7) is 1.33. The smallest absolute Gasteiger partial charge is 0.254 e. The highest BCUT2D eigenvalue weighted by molar-refractivity contribution is 5.98. The molecule has 0 saturated heterocycles. The maximum atomic E-state index is 12.1. The summed E-state index contributed by atoms with van der Waals surface area (Å²) in [7, 11) is 0. The summed E-state index contributed by atoms with van der Waals surface area (Å²) in [4.78, 5) is 23.1. The number of anilines is 5. The van der Waals surface area contributed by atoms with E-state index in [1.165, 1.54) is 6.20 Å². The molecule has 2 aliphatic rings. The number of rotatable bonds is 6. The Morgan fingerprint density at radius 3 is 2.82 bits per heavy atom. The lowest BCUT2D eigenvalue weighted by atomic mass is 9.91. The lowest BCUT2D eigenvalue weighted by molar-refractivity contribution is 0.100. The standard InChI is InChI=1S/C25H29N7O2/c26-19-8-1-2-9-20(19)30-25-28-15-18(23(27)33)24(31-25)29-16-6-5-7-17(14-16)32-12-13-34-22-11-4-3-10-21(22)32/h3-7,10-11,14-15,19-20H,1-2,8-9,12-13,26H2,(H2,27,33)(H2,28,29,30,31)/t19-,20+/m0/s1.